The highest BCUT2D eigenvalue weighted by molar-refractivity contribution is 6.28. The van der Waals surface area contributed by atoms with Gasteiger partial charge in [0, 0.05) is 27.2 Å². The fraction of sp³-hybridized carbons (Fsp3) is 0. The number of hydrogen-bond acceptors (Lipinski definition) is 1. The zero-order valence-electron chi connectivity index (χ0n) is 29.3. The minimum atomic E-state index is 0.914. The van der Waals surface area contributed by atoms with Gasteiger partial charge in [0.05, 0.1) is 11.0 Å². The van der Waals surface area contributed by atoms with E-state index in [4.69, 9.17) is 4.42 Å². The maximum absolute atomic E-state index is 6.59. The Morgan fingerprint density at radius 1 is 0.296 bits per heavy atom. The van der Waals surface area contributed by atoms with Crippen LogP contribution in [0.25, 0.3) is 116 Å². The Balaban J connectivity index is 1.05. The Morgan fingerprint density at radius 2 is 0.889 bits per heavy atom. The van der Waals surface area contributed by atoms with Crippen molar-refractivity contribution < 1.29 is 4.42 Å². The van der Waals surface area contributed by atoms with Crippen LogP contribution in [0.1, 0.15) is 0 Å². The summed E-state index contributed by atoms with van der Waals surface area (Å²) in [5.41, 5.74) is 17.7. The summed E-state index contributed by atoms with van der Waals surface area (Å²) in [6, 6.07) is 68.4. The molecule has 0 fully saturated rings. The van der Waals surface area contributed by atoms with Crippen molar-refractivity contribution in [3.8, 4) is 61.3 Å². The number of nitrogens with zero attached hydrogens (tertiary/aromatic N) is 1. The van der Waals surface area contributed by atoms with Crippen molar-refractivity contribution in [1.82, 2.24) is 4.57 Å². The third kappa shape index (κ3) is 4.22. The lowest BCUT2D eigenvalue weighted by Crippen LogP contribution is -1.96. The van der Waals surface area contributed by atoms with Crippen LogP contribution in [-0.4, -0.2) is 4.57 Å². The molecule has 0 saturated heterocycles. The molecular formula is C52H31NO. The molecule has 2 aromatic heterocycles. The molecule has 2 heterocycles. The van der Waals surface area contributed by atoms with Gasteiger partial charge in [-0.25, -0.2) is 0 Å². The molecule has 1 aliphatic carbocycles. The number of para-hydroxylation sites is 1. The molecule has 0 atom stereocenters. The van der Waals surface area contributed by atoms with Gasteiger partial charge in [-0.3, -0.25) is 0 Å². The summed E-state index contributed by atoms with van der Waals surface area (Å²) in [5, 5.41) is 7.37. The second-order valence-corrected chi connectivity index (χ2v) is 14.5. The highest BCUT2D eigenvalue weighted by atomic mass is 16.3. The lowest BCUT2D eigenvalue weighted by atomic mass is 9.96. The van der Waals surface area contributed by atoms with E-state index in [0.717, 1.165) is 22.2 Å². The summed E-state index contributed by atoms with van der Waals surface area (Å²) in [6.07, 6.45) is 0. The van der Waals surface area contributed by atoms with Crippen LogP contribution >= 0.6 is 0 Å². The Labute approximate surface area is 311 Å². The van der Waals surface area contributed by atoms with Crippen LogP contribution in [0.5, 0.6) is 0 Å². The summed E-state index contributed by atoms with van der Waals surface area (Å²) in [4.78, 5) is 0. The van der Waals surface area contributed by atoms with Crippen molar-refractivity contribution in [1.29, 1.82) is 0 Å². The standard InChI is InChI=1S/C52H31NO/c1-3-12-32(13-4-1)36-26-37(33-14-5-2-6-15-33)28-38(27-36)53-47-21-10-9-18-41(47)44-29-34(22-24-48(44)53)35-23-25-49-46(30-35)52-43-20-11-19-42-39-16-7-8-17-40(39)45(51(42)43)31-50(52)54-49/h1-31H. The van der Waals surface area contributed by atoms with Crippen molar-refractivity contribution in [2.45, 2.75) is 0 Å². The van der Waals surface area contributed by atoms with E-state index in [9.17, 15) is 0 Å². The van der Waals surface area contributed by atoms with Crippen molar-refractivity contribution in [3.05, 3.63) is 188 Å². The number of hydrogen-bond donors (Lipinski definition) is 0. The normalized spacial score (nSPS) is 12.1. The highest BCUT2D eigenvalue weighted by Crippen LogP contribution is 2.51. The quantitative estimate of drug-likeness (QED) is 0.180. The number of aromatic nitrogens is 1. The van der Waals surface area contributed by atoms with Crippen LogP contribution in [0, 0.1) is 0 Å². The lowest BCUT2D eigenvalue weighted by molar-refractivity contribution is 0.669. The molecule has 0 unspecified atom stereocenters. The number of furan rings is 1. The summed E-state index contributed by atoms with van der Waals surface area (Å²) in [6.45, 7) is 0. The third-order valence-corrected chi connectivity index (χ3v) is 11.5. The van der Waals surface area contributed by atoms with Crippen LogP contribution in [0.4, 0.5) is 0 Å². The first-order valence-electron chi connectivity index (χ1n) is 18.6. The maximum atomic E-state index is 6.59. The molecule has 0 saturated carbocycles. The zero-order chi connectivity index (χ0) is 35.3. The first-order chi connectivity index (χ1) is 26.8. The third-order valence-electron chi connectivity index (χ3n) is 11.5. The molecule has 0 bridgehead atoms. The molecule has 0 spiro atoms. The minimum absolute atomic E-state index is 0.914. The summed E-state index contributed by atoms with van der Waals surface area (Å²) in [5.74, 6) is 0. The number of fused-ring (bicyclic) bond motifs is 10. The van der Waals surface area contributed by atoms with E-state index in [-0.39, 0.29) is 0 Å². The monoisotopic (exact) mass is 685 g/mol. The second-order valence-electron chi connectivity index (χ2n) is 14.5. The van der Waals surface area contributed by atoms with Crippen LogP contribution in [0.3, 0.4) is 0 Å². The van der Waals surface area contributed by atoms with Gasteiger partial charge < -0.3 is 8.98 Å². The van der Waals surface area contributed by atoms with Crippen LogP contribution in [-0.2, 0) is 0 Å². The first-order valence-corrected chi connectivity index (χ1v) is 18.6. The lowest BCUT2D eigenvalue weighted by Gasteiger charge is -2.14. The van der Waals surface area contributed by atoms with Gasteiger partial charge in [-0.05, 0) is 121 Å². The fourth-order valence-electron chi connectivity index (χ4n) is 9.08. The van der Waals surface area contributed by atoms with E-state index < -0.39 is 0 Å². The first kappa shape index (κ1) is 29.4. The molecule has 54 heavy (non-hydrogen) atoms. The predicted octanol–water partition coefficient (Wildman–Crippen LogP) is 14.5. The predicted molar refractivity (Wildman–Crippen MR) is 226 cm³/mol. The topological polar surface area (TPSA) is 18.1 Å². The van der Waals surface area contributed by atoms with E-state index in [2.05, 4.69) is 193 Å². The van der Waals surface area contributed by atoms with Crippen LogP contribution < -0.4 is 0 Å². The van der Waals surface area contributed by atoms with Crippen LogP contribution in [0.15, 0.2) is 192 Å². The van der Waals surface area contributed by atoms with Gasteiger partial charge in [0.25, 0.3) is 0 Å². The summed E-state index contributed by atoms with van der Waals surface area (Å²) in [7, 11) is 0. The van der Waals surface area contributed by atoms with E-state index in [1.165, 1.54) is 93.6 Å². The Morgan fingerprint density at radius 3 is 1.65 bits per heavy atom. The molecule has 250 valence electrons. The average Bonchev–Trinajstić information content (AvgIpc) is 3.89. The van der Waals surface area contributed by atoms with E-state index >= 15 is 0 Å². The van der Waals surface area contributed by atoms with Crippen molar-refractivity contribution >= 4 is 54.5 Å². The van der Waals surface area contributed by atoms with E-state index in [0.29, 0.717) is 0 Å². The van der Waals surface area contributed by atoms with Gasteiger partial charge in [0.15, 0.2) is 0 Å². The van der Waals surface area contributed by atoms with E-state index in [1.807, 2.05) is 0 Å². The number of benzene rings is 9. The minimum Gasteiger partial charge on any atom is -0.456 e. The van der Waals surface area contributed by atoms with Gasteiger partial charge >= 0.3 is 0 Å². The molecule has 0 amide bonds. The SMILES string of the molecule is c1ccc(-c2cc(-c3ccccc3)cc(-n3c4ccccc4c4cc(-c5ccc6oc7cc8c9c(cccc9c7c6c5)-c5ccccc5-8)ccc43)c2)cc1. The smallest absolute Gasteiger partial charge is 0.136 e. The highest BCUT2D eigenvalue weighted by Gasteiger charge is 2.24. The molecule has 0 N–H and O–H groups in total. The van der Waals surface area contributed by atoms with Crippen molar-refractivity contribution in [2.75, 3.05) is 0 Å². The zero-order valence-corrected chi connectivity index (χ0v) is 29.3. The summed E-state index contributed by atoms with van der Waals surface area (Å²) >= 11 is 0. The molecule has 1 aliphatic rings. The van der Waals surface area contributed by atoms with Crippen molar-refractivity contribution in [3.63, 3.8) is 0 Å². The van der Waals surface area contributed by atoms with Gasteiger partial charge in [0.1, 0.15) is 11.2 Å². The Bertz CT molecular complexity index is 3250. The molecule has 12 rings (SSSR count). The molecule has 0 radical (unpaired) electrons. The molecule has 2 heteroatoms. The van der Waals surface area contributed by atoms with Gasteiger partial charge in [-0.1, -0.05) is 133 Å². The molecular weight excluding hydrogens is 655 g/mol. The maximum Gasteiger partial charge on any atom is 0.136 e. The molecule has 11 aromatic rings. The fourth-order valence-corrected chi connectivity index (χ4v) is 9.08. The van der Waals surface area contributed by atoms with Crippen molar-refractivity contribution in [2.24, 2.45) is 0 Å². The van der Waals surface area contributed by atoms with E-state index in [1.54, 1.807) is 0 Å². The molecule has 9 aromatic carbocycles. The van der Waals surface area contributed by atoms with Gasteiger partial charge in [0.2, 0.25) is 0 Å². The summed E-state index contributed by atoms with van der Waals surface area (Å²) < 4.78 is 9.02. The van der Waals surface area contributed by atoms with Crippen LogP contribution in [0.2, 0.25) is 0 Å². The Hall–Kier alpha value is -7.16. The van der Waals surface area contributed by atoms with Gasteiger partial charge in [-0.2, -0.15) is 0 Å². The Kier molecular flexibility index (Phi) is 6.09. The second kappa shape index (κ2) is 11.2. The molecule has 0 aliphatic heterocycles. The van der Waals surface area contributed by atoms with Gasteiger partial charge in [-0.15, -0.1) is 0 Å². The average molecular weight is 686 g/mol. The number of rotatable bonds is 4. The largest absolute Gasteiger partial charge is 0.456 e. The molecule has 2 nitrogen and oxygen atoms in total.